The maximum absolute atomic E-state index is 11.4. The summed E-state index contributed by atoms with van der Waals surface area (Å²) in [4.78, 5) is 22.0. The molecule has 0 rings (SSSR count). The van der Waals surface area contributed by atoms with Gasteiger partial charge in [0, 0.05) is 18.9 Å². The lowest BCUT2D eigenvalue weighted by Crippen LogP contribution is -2.35. The standard InChI is InChI=1S/C10H16N2O3/c1-7(8(2)10(14)15)9(13)12-6-4-3-5-11/h7-8H,3-4,6H2,1-2H3,(H,12,13)(H,14,15). The summed E-state index contributed by atoms with van der Waals surface area (Å²) < 4.78 is 0. The fourth-order valence-electron chi connectivity index (χ4n) is 0.981. The third-order valence-electron chi connectivity index (χ3n) is 2.32. The number of carbonyl (C=O) groups excluding carboxylic acids is 1. The first-order valence-corrected chi connectivity index (χ1v) is 4.88. The summed E-state index contributed by atoms with van der Waals surface area (Å²) >= 11 is 0. The molecule has 1 amide bonds. The van der Waals surface area contributed by atoms with Gasteiger partial charge in [-0.1, -0.05) is 13.8 Å². The zero-order valence-corrected chi connectivity index (χ0v) is 8.99. The minimum absolute atomic E-state index is 0.275. The summed E-state index contributed by atoms with van der Waals surface area (Å²) in [5, 5.41) is 19.5. The smallest absolute Gasteiger partial charge is 0.307 e. The van der Waals surface area contributed by atoms with E-state index in [2.05, 4.69) is 5.32 Å². The predicted octanol–water partition coefficient (Wildman–Crippen LogP) is 0.763. The molecule has 0 aromatic carbocycles. The number of hydrogen-bond donors (Lipinski definition) is 2. The first-order valence-electron chi connectivity index (χ1n) is 4.88. The van der Waals surface area contributed by atoms with Crippen LogP contribution >= 0.6 is 0 Å². The lowest BCUT2D eigenvalue weighted by atomic mass is 9.95. The molecule has 0 fully saturated rings. The Balaban J connectivity index is 3.90. The molecule has 84 valence electrons. The van der Waals surface area contributed by atoms with Crippen molar-refractivity contribution in [3.05, 3.63) is 0 Å². The van der Waals surface area contributed by atoms with Crippen LogP contribution in [0.3, 0.4) is 0 Å². The first kappa shape index (κ1) is 13.4. The number of carbonyl (C=O) groups is 2. The van der Waals surface area contributed by atoms with E-state index in [1.54, 1.807) is 6.92 Å². The monoisotopic (exact) mass is 212 g/mol. The summed E-state index contributed by atoms with van der Waals surface area (Å²) in [7, 11) is 0. The van der Waals surface area contributed by atoms with E-state index in [-0.39, 0.29) is 5.91 Å². The molecule has 2 atom stereocenters. The van der Waals surface area contributed by atoms with Crippen molar-refractivity contribution in [3.63, 3.8) is 0 Å². The van der Waals surface area contributed by atoms with Gasteiger partial charge in [-0.25, -0.2) is 0 Å². The van der Waals surface area contributed by atoms with E-state index in [4.69, 9.17) is 10.4 Å². The maximum Gasteiger partial charge on any atom is 0.307 e. The molecular weight excluding hydrogens is 196 g/mol. The summed E-state index contributed by atoms with van der Waals surface area (Å²) in [5.74, 6) is -2.50. The van der Waals surface area contributed by atoms with Crippen LogP contribution in [-0.4, -0.2) is 23.5 Å². The molecule has 0 aliphatic rings. The first-order chi connectivity index (χ1) is 7.00. The molecule has 5 nitrogen and oxygen atoms in total. The quantitative estimate of drug-likeness (QED) is 0.636. The van der Waals surface area contributed by atoms with E-state index in [0.29, 0.717) is 19.4 Å². The molecule has 0 aromatic heterocycles. The maximum atomic E-state index is 11.4. The Kier molecular flexibility index (Phi) is 6.11. The molecule has 2 N–H and O–H groups in total. The second-order valence-corrected chi connectivity index (χ2v) is 3.47. The Morgan fingerprint density at radius 1 is 1.40 bits per heavy atom. The number of carboxylic acids is 1. The largest absolute Gasteiger partial charge is 0.481 e. The Bertz CT molecular complexity index is 270. The molecule has 2 unspecified atom stereocenters. The van der Waals surface area contributed by atoms with Gasteiger partial charge in [-0.3, -0.25) is 9.59 Å². The van der Waals surface area contributed by atoms with Crippen molar-refractivity contribution in [2.24, 2.45) is 11.8 Å². The molecule has 0 aliphatic carbocycles. The Morgan fingerprint density at radius 3 is 2.47 bits per heavy atom. The van der Waals surface area contributed by atoms with Crippen LogP contribution in [0.5, 0.6) is 0 Å². The number of unbranched alkanes of at least 4 members (excludes halogenated alkanes) is 1. The van der Waals surface area contributed by atoms with E-state index in [1.165, 1.54) is 6.92 Å². The summed E-state index contributed by atoms with van der Waals surface area (Å²) in [6.07, 6.45) is 0.986. The minimum Gasteiger partial charge on any atom is -0.481 e. The lowest BCUT2D eigenvalue weighted by Gasteiger charge is -2.15. The van der Waals surface area contributed by atoms with Crippen LogP contribution in [0.25, 0.3) is 0 Å². The number of hydrogen-bond acceptors (Lipinski definition) is 3. The van der Waals surface area contributed by atoms with Gasteiger partial charge in [0.25, 0.3) is 0 Å². The van der Waals surface area contributed by atoms with Crippen molar-refractivity contribution in [1.29, 1.82) is 5.26 Å². The minimum atomic E-state index is -0.977. The van der Waals surface area contributed by atoms with Gasteiger partial charge < -0.3 is 10.4 Å². The van der Waals surface area contributed by atoms with Gasteiger partial charge in [-0.2, -0.15) is 5.26 Å². The number of nitrogens with zero attached hydrogens (tertiary/aromatic N) is 1. The highest BCUT2D eigenvalue weighted by Gasteiger charge is 2.25. The molecular formula is C10H16N2O3. The van der Waals surface area contributed by atoms with Crippen molar-refractivity contribution in [2.75, 3.05) is 6.54 Å². The number of aliphatic carboxylic acids is 1. The third kappa shape index (κ3) is 5.01. The van der Waals surface area contributed by atoms with E-state index in [9.17, 15) is 9.59 Å². The molecule has 5 heteroatoms. The number of amides is 1. The highest BCUT2D eigenvalue weighted by atomic mass is 16.4. The molecule has 0 radical (unpaired) electrons. The second kappa shape index (κ2) is 6.82. The highest BCUT2D eigenvalue weighted by molar-refractivity contribution is 5.84. The predicted molar refractivity (Wildman–Crippen MR) is 53.8 cm³/mol. The molecule has 15 heavy (non-hydrogen) atoms. The van der Waals surface area contributed by atoms with E-state index in [1.807, 2.05) is 6.07 Å². The number of nitrogens with one attached hydrogen (secondary N) is 1. The van der Waals surface area contributed by atoms with Gasteiger partial charge in [0.05, 0.1) is 12.0 Å². The van der Waals surface area contributed by atoms with Crippen LogP contribution in [0.1, 0.15) is 26.7 Å². The molecule has 0 saturated carbocycles. The fourth-order valence-corrected chi connectivity index (χ4v) is 0.981. The van der Waals surface area contributed by atoms with Crippen molar-refractivity contribution in [1.82, 2.24) is 5.32 Å². The Hall–Kier alpha value is -1.57. The lowest BCUT2D eigenvalue weighted by molar-refractivity contribution is -0.146. The van der Waals surface area contributed by atoms with Gasteiger partial charge in [0.15, 0.2) is 0 Å². The number of carboxylic acid groups (broad SMARTS) is 1. The zero-order chi connectivity index (χ0) is 11.8. The number of nitriles is 1. The molecule has 0 saturated heterocycles. The average Bonchev–Trinajstić information content (AvgIpc) is 2.21. The Labute approximate surface area is 89.1 Å². The van der Waals surface area contributed by atoms with Crippen LogP contribution in [0.4, 0.5) is 0 Å². The van der Waals surface area contributed by atoms with Gasteiger partial charge in [-0.15, -0.1) is 0 Å². The van der Waals surface area contributed by atoms with Crippen molar-refractivity contribution >= 4 is 11.9 Å². The third-order valence-corrected chi connectivity index (χ3v) is 2.32. The van der Waals surface area contributed by atoms with Gasteiger partial charge in [0.2, 0.25) is 5.91 Å². The molecule has 0 spiro atoms. The van der Waals surface area contributed by atoms with E-state index < -0.39 is 17.8 Å². The van der Waals surface area contributed by atoms with Crippen LogP contribution < -0.4 is 5.32 Å². The van der Waals surface area contributed by atoms with Crippen LogP contribution in [0, 0.1) is 23.2 Å². The SMILES string of the molecule is CC(C(=O)O)C(C)C(=O)NCCCC#N. The number of rotatable bonds is 6. The van der Waals surface area contributed by atoms with Crippen LogP contribution in [0.15, 0.2) is 0 Å². The highest BCUT2D eigenvalue weighted by Crippen LogP contribution is 2.10. The van der Waals surface area contributed by atoms with Crippen LogP contribution in [0.2, 0.25) is 0 Å². The molecule has 0 aromatic rings. The molecule has 0 bridgehead atoms. The summed E-state index contributed by atoms with van der Waals surface area (Å²) in [6.45, 7) is 3.50. The molecule has 0 aliphatic heterocycles. The van der Waals surface area contributed by atoms with Crippen molar-refractivity contribution in [2.45, 2.75) is 26.7 Å². The van der Waals surface area contributed by atoms with Crippen molar-refractivity contribution < 1.29 is 14.7 Å². The van der Waals surface area contributed by atoms with E-state index >= 15 is 0 Å². The molecule has 0 heterocycles. The van der Waals surface area contributed by atoms with Crippen molar-refractivity contribution in [3.8, 4) is 6.07 Å². The normalized spacial score (nSPS) is 13.7. The van der Waals surface area contributed by atoms with E-state index in [0.717, 1.165) is 0 Å². The van der Waals surface area contributed by atoms with Gasteiger partial charge >= 0.3 is 5.97 Å². The zero-order valence-electron chi connectivity index (χ0n) is 8.99. The Morgan fingerprint density at radius 2 is 2.00 bits per heavy atom. The van der Waals surface area contributed by atoms with Gasteiger partial charge in [0.1, 0.15) is 0 Å². The fraction of sp³-hybridized carbons (Fsp3) is 0.700. The summed E-state index contributed by atoms with van der Waals surface area (Å²) in [6, 6.07) is 1.97. The topological polar surface area (TPSA) is 90.2 Å². The second-order valence-electron chi connectivity index (χ2n) is 3.47. The van der Waals surface area contributed by atoms with Gasteiger partial charge in [-0.05, 0) is 6.42 Å². The summed E-state index contributed by atoms with van der Waals surface area (Å²) in [5.41, 5.74) is 0. The average molecular weight is 212 g/mol. The van der Waals surface area contributed by atoms with Crippen LogP contribution in [-0.2, 0) is 9.59 Å².